The molecule has 0 aliphatic heterocycles. The maximum absolute atomic E-state index is 11.8. The fraction of sp³-hybridized carbons (Fsp3) is 0.182. The van der Waals surface area contributed by atoms with Gasteiger partial charge in [-0.05, 0) is 44.6 Å². The molecule has 1 aromatic rings. The average molecular weight is 579 g/mol. The van der Waals surface area contributed by atoms with Crippen molar-refractivity contribution in [1.29, 1.82) is 0 Å². The molecular weight excluding hydrogens is 573 g/mol. The molecule has 2 N–H and O–H groups in total. The predicted molar refractivity (Wildman–Crippen MR) is 101 cm³/mol. The molecule has 0 aromatic heterocycles. The van der Waals surface area contributed by atoms with Crippen LogP contribution in [-0.2, 0) is 9.53 Å². The van der Waals surface area contributed by atoms with Crippen molar-refractivity contribution in [1.82, 2.24) is 5.32 Å². The Hall–Kier alpha value is -0.000000000000000111. The van der Waals surface area contributed by atoms with Crippen molar-refractivity contribution in [3.8, 4) is 0 Å². The summed E-state index contributed by atoms with van der Waals surface area (Å²) >= 11 is 27.3. The van der Waals surface area contributed by atoms with E-state index in [0.717, 1.165) is 0 Å². The number of urea groups is 1. The standard InChI is InChI=1S/C11H6BrCl4IN2O4/c1-23-8(20)3-2-4(17)5(12)6(13)7(3)18-10(22)19-9(21)11(14,15)16/h2H,1H3,(H2,18,19,21,22). The Kier molecular flexibility index (Phi) is 7.68. The zero-order chi connectivity index (χ0) is 17.9. The lowest BCUT2D eigenvalue weighted by Crippen LogP contribution is -2.41. The molecule has 0 aliphatic carbocycles. The van der Waals surface area contributed by atoms with Crippen LogP contribution in [0.2, 0.25) is 5.02 Å². The summed E-state index contributed by atoms with van der Waals surface area (Å²) in [6.45, 7) is 0. The van der Waals surface area contributed by atoms with Crippen LogP contribution < -0.4 is 10.6 Å². The Morgan fingerprint density at radius 2 is 1.87 bits per heavy atom. The molecule has 0 heterocycles. The highest BCUT2D eigenvalue weighted by Crippen LogP contribution is 2.37. The molecule has 0 aliphatic rings. The third-order valence-corrected chi connectivity index (χ3v) is 5.83. The highest BCUT2D eigenvalue weighted by atomic mass is 127. The van der Waals surface area contributed by atoms with Gasteiger partial charge in [-0.15, -0.1) is 0 Å². The fourth-order valence-electron chi connectivity index (χ4n) is 1.31. The molecule has 126 valence electrons. The highest BCUT2D eigenvalue weighted by molar-refractivity contribution is 14.1. The maximum atomic E-state index is 11.8. The van der Waals surface area contributed by atoms with Gasteiger partial charge in [-0.2, -0.15) is 0 Å². The Labute approximate surface area is 172 Å². The van der Waals surface area contributed by atoms with Crippen LogP contribution in [0.1, 0.15) is 10.4 Å². The number of imide groups is 1. The van der Waals surface area contributed by atoms with Gasteiger partial charge in [0.2, 0.25) is 0 Å². The van der Waals surface area contributed by atoms with Crippen LogP contribution in [0.3, 0.4) is 0 Å². The van der Waals surface area contributed by atoms with E-state index in [-0.39, 0.29) is 16.3 Å². The number of carbonyl (C=O) groups is 3. The minimum Gasteiger partial charge on any atom is -0.465 e. The lowest BCUT2D eigenvalue weighted by Gasteiger charge is -2.15. The van der Waals surface area contributed by atoms with Gasteiger partial charge in [-0.1, -0.05) is 46.4 Å². The number of ether oxygens (including phenoxy) is 1. The third-order valence-electron chi connectivity index (χ3n) is 2.29. The number of hydrogen-bond donors (Lipinski definition) is 2. The predicted octanol–water partition coefficient (Wildman–Crippen LogP) is 4.51. The van der Waals surface area contributed by atoms with Crippen molar-refractivity contribution in [3.63, 3.8) is 0 Å². The first-order valence-corrected chi connectivity index (χ1v) is 8.82. The van der Waals surface area contributed by atoms with Crippen LogP contribution >= 0.6 is 84.9 Å². The number of nitrogens with one attached hydrogen (secondary N) is 2. The maximum Gasteiger partial charge on any atom is 0.340 e. The number of anilines is 1. The molecule has 12 heteroatoms. The lowest BCUT2D eigenvalue weighted by molar-refractivity contribution is -0.119. The number of esters is 1. The summed E-state index contributed by atoms with van der Waals surface area (Å²) in [6.07, 6.45) is 0. The van der Waals surface area contributed by atoms with E-state index in [2.05, 4.69) is 26.0 Å². The number of alkyl halides is 3. The molecule has 6 nitrogen and oxygen atoms in total. The molecule has 0 atom stereocenters. The largest absolute Gasteiger partial charge is 0.465 e. The molecule has 0 radical (unpaired) electrons. The number of carbonyl (C=O) groups excluding carboxylic acids is 3. The second-order valence-corrected chi connectivity index (χ2v) is 8.42. The summed E-state index contributed by atoms with van der Waals surface area (Å²) in [7, 11) is 1.17. The first-order chi connectivity index (χ1) is 10.5. The second kappa shape index (κ2) is 8.39. The monoisotopic (exact) mass is 576 g/mol. The molecular formula is C11H6BrCl4IN2O4. The second-order valence-electron chi connectivity index (χ2n) is 3.81. The molecule has 0 saturated heterocycles. The summed E-state index contributed by atoms with van der Waals surface area (Å²) in [5.41, 5.74) is -0.0815. The topological polar surface area (TPSA) is 84.5 Å². The van der Waals surface area contributed by atoms with E-state index >= 15 is 0 Å². The minimum atomic E-state index is -2.32. The van der Waals surface area contributed by atoms with E-state index in [0.29, 0.717) is 8.04 Å². The van der Waals surface area contributed by atoms with Gasteiger partial charge < -0.3 is 10.1 Å². The van der Waals surface area contributed by atoms with Gasteiger partial charge >= 0.3 is 12.0 Å². The number of amides is 3. The summed E-state index contributed by atoms with van der Waals surface area (Å²) in [6, 6.07) is 0.399. The van der Waals surface area contributed by atoms with Crippen LogP contribution in [0.5, 0.6) is 0 Å². The van der Waals surface area contributed by atoms with Crippen molar-refractivity contribution in [3.05, 3.63) is 24.7 Å². The number of halogens is 6. The van der Waals surface area contributed by atoms with Crippen molar-refractivity contribution >= 4 is 109 Å². The summed E-state index contributed by atoms with van der Waals surface area (Å²) in [5, 5.41) is 4.09. The van der Waals surface area contributed by atoms with Gasteiger partial charge in [0.05, 0.1) is 27.9 Å². The van der Waals surface area contributed by atoms with Crippen LogP contribution in [0.25, 0.3) is 0 Å². The van der Waals surface area contributed by atoms with E-state index in [4.69, 9.17) is 46.4 Å². The molecule has 0 unspecified atom stereocenters. The quantitative estimate of drug-likeness (QED) is 0.234. The average Bonchev–Trinajstić information content (AvgIpc) is 2.45. The number of methoxy groups -OCH3 is 1. The first-order valence-electron chi connectivity index (χ1n) is 5.44. The number of hydrogen-bond acceptors (Lipinski definition) is 4. The van der Waals surface area contributed by atoms with Crippen LogP contribution in [0.4, 0.5) is 10.5 Å². The fourth-order valence-corrected chi connectivity index (χ4v) is 2.75. The Balaban J connectivity index is 3.17. The molecule has 23 heavy (non-hydrogen) atoms. The molecule has 0 spiro atoms. The van der Waals surface area contributed by atoms with E-state index in [1.54, 1.807) is 5.32 Å². The Morgan fingerprint density at radius 1 is 1.30 bits per heavy atom. The van der Waals surface area contributed by atoms with E-state index in [9.17, 15) is 14.4 Å². The van der Waals surface area contributed by atoms with Gasteiger partial charge in [0.1, 0.15) is 0 Å². The lowest BCUT2D eigenvalue weighted by atomic mass is 10.2. The summed E-state index contributed by atoms with van der Waals surface area (Å²) in [5.74, 6) is -1.90. The van der Waals surface area contributed by atoms with Gasteiger partial charge in [-0.3, -0.25) is 10.1 Å². The van der Waals surface area contributed by atoms with Crippen molar-refractivity contribution in [2.24, 2.45) is 0 Å². The summed E-state index contributed by atoms with van der Waals surface area (Å²) < 4.78 is 3.35. The van der Waals surface area contributed by atoms with Crippen LogP contribution in [0.15, 0.2) is 10.5 Å². The number of benzene rings is 1. The zero-order valence-electron chi connectivity index (χ0n) is 11.0. The van der Waals surface area contributed by atoms with Crippen LogP contribution in [0, 0.1) is 3.57 Å². The first kappa shape index (κ1) is 21.0. The van der Waals surface area contributed by atoms with Gasteiger partial charge in [-0.25, -0.2) is 9.59 Å². The van der Waals surface area contributed by atoms with Crippen molar-refractivity contribution in [2.45, 2.75) is 3.79 Å². The zero-order valence-corrected chi connectivity index (χ0v) is 17.7. The van der Waals surface area contributed by atoms with Crippen molar-refractivity contribution < 1.29 is 19.1 Å². The van der Waals surface area contributed by atoms with Crippen LogP contribution in [-0.4, -0.2) is 28.8 Å². The van der Waals surface area contributed by atoms with E-state index in [1.165, 1.54) is 13.2 Å². The molecule has 3 amide bonds. The molecule has 0 fully saturated rings. The molecule has 1 rings (SSSR count). The minimum absolute atomic E-state index is 0.0124. The Morgan fingerprint density at radius 3 is 2.35 bits per heavy atom. The molecule has 1 aromatic carbocycles. The normalized spacial score (nSPS) is 10.9. The highest BCUT2D eigenvalue weighted by Gasteiger charge is 2.32. The molecule has 0 saturated carbocycles. The Bertz CT molecular complexity index is 681. The summed E-state index contributed by atoms with van der Waals surface area (Å²) in [4.78, 5) is 35.1. The SMILES string of the molecule is COC(=O)c1cc(I)c(Br)c(Cl)c1NC(=O)NC(=O)C(Cl)(Cl)Cl. The third kappa shape index (κ3) is 5.50. The van der Waals surface area contributed by atoms with E-state index in [1.807, 2.05) is 22.6 Å². The van der Waals surface area contributed by atoms with E-state index < -0.39 is 21.7 Å². The smallest absolute Gasteiger partial charge is 0.340 e. The van der Waals surface area contributed by atoms with Gasteiger partial charge in [0.15, 0.2) is 0 Å². The molecule has 0 bridgehead atoms. The van der Waals surface area contributed by atoms with Gasteiger partial charge in [0.25, 0.3) is 9.70 Å². The van der Waals surface area contributed by atoms with Crippen molar-refractivity contribution in [2.75, 3.05) is 12.4 Å². The van der Waals surface area contributed by atoms with Gasteiger partial charge in [0, 0.05) is 3.57 Å². The number of rotatable bonds is 2.